The number of aryl methyl sites for hydroxylation is 2. The lowest BCUT2D eigenvalue weighted by atomic mass is 9.76. The first kappa shape index (κ1) is 20.2. The predicted octanol–water partition coefficient (Wildman–Crippen LogP) is 5.78. The van der Waals surface area contributed by atoms with E-state index in [1.54, 1.807) is 0 Å². The molecule has 0 spiro atoms. The van der Waals surface area contributed by atoms with Crippen LogP contribution in [0.15, 0.2) is 48.5 Å². The second-order valence-electron chi connectivity index (χ2n) is 9.22. The van der Waals surface area contributed by atoms with E-state index in [4.69, 9.17) is 9.47 Å². The summed E-state index contributed by atoms with van der Waals surface area (Å²) in [6.07, 6.45) is 1.15. The topological polar surface area (TPSA) is 52.6 Å². The fourth-order valence-electron chi connectivity index (χ4n) is 6.22. The molecular formula is C26H24O4S2. The highest BCUT2D eigenvalue weighted by Gasteiger charge is 2.63. The number of rotatable bonds is 4. The number of carbonyl (C=O) groups excluding carboxylic acids is 2. The fourth-order valence-corrected chi connectivity index (χ4v) is 7.72. The van der Waals surface area contributed by atoms with Crippen LogP contribution >= 0.6 is 22.7 Å². The predicted molar refractivity (Wildman–Crippen MR) is 124 cm³/mol. The van der Waals surface area contributed by atoms with Gasteiger partial charge >= 0.3 is 11.9 Å². The third kappa shape index (κ3) is 3.15. The van der Waals surface area contributed by atoms with Crippen molar-refractivity contribution in [1.29, 1.82) is 0 Å². The molecule has 6 heteroatoms. The number of carbonyl (C=O) groups is 2. The lowest BCUT2D eigenvalue weighted by molar-refractivity contribution is -0.0694. The lowest BCUT2D eigenvalue weighted by Crippen LogP contribution is -2.45. The van der Waals surface area contributed by atoms with Gasteiger partial charge in [-0.2, -0.15) is 0 Å². The van der Waals surface area contributed by atoms with Gasteiger partial charge in [0.05, 0.1) is 0 Å². The zero-order valence-electron chi connectivity index (χ0n) is 17.9. The lowest BCUT2D eigenvalue weighted by Gasteiger charge is -2.37. The SMILES string of the molecule is Cc1ccc(C(=O)OC2C3CC(C2OC(=O)c2ccc(C)s2)C2c4ccccc4CC32)s1. The molecule has 6 rings (SSSR count). The van der Waals surface area contributed by atoms with Crippen LogP contribution in [-0.2, 0) is 15.9 Å². The summed E-state index contributed by atoms with van der Waals surface area (Å²) in [7, 11) is 0. The standard InChI is InChI=1S/C26H24O4S2/c1-13-7-9-20(31-13)25(27)29-23-18-12-19(22-16-6-4-3-5-15(16)11-17(18)22)24(23)30-26(28)21-10-8-14(2)32-21/h3-10,17-19,22-24H,11-12H2,1-2H3. The fraction of sp³-hybridized carbons (Fsp3) is 0.385. The van der Waals surface area contributed by atoms with Crippen molar-refractivity contribution in [2.24, 2.45) is 17.8 Å². The van der Waals surface area contributed by atoms with Crippen molar-refractivity contribution in [2.75, 3.05) is 0 Å². The molecule has 4 nitrogen and oxygen atoms in total. The van der Waals surface area contributed by atoms with Crippen molar-refractivity contribution >= 4 is 34.6 Å². The summed E-state index contributed by atoms with van der Waals surface area (Å²) in [5.41, 5.74) is 2.77. The van der Waals surface area contributed by atoms with Crippen molar-refractivity contribution in [1.82, 2.24) is 0 Å². The van der Waals surface area contributed by atoms with E-state index in [-0.39, 0.29) is 23.8 Å². The van der Waals surface area contributed by atoms with Gasteiger partial charge in [-0.15, -0.1) is 22.7 Å². The molecule has 164 valence electrons. The molecule has 2 bridgehead atoms. The minimum atomic E-state index is -0.410. The maximum absolute atomic E-state index is 13.0. The van der Waals surface area contributed by atoms with Gasteiger partial charge in [0.25, 0.3) is 0 Å². The molecule has 0 radical (unpaired) electrons. The number of hydrogen-bond donors (Lipinski definition) is 0. The molecule has 0 N–H and O–H groups in total. The largest absolute Gasteiger partial charge is 0.454 e. The minimum Gasteiger partial charge on any atom is -0.454 e. The molecule has 32 heavy (non-hydrogen) atoms. The van der Waals surface area contributed by atoms with Crippen LogP contribution in [0.5, 0.6) is 0 Å². The molecule has 2 fully saturated rings. The van der Waals surface area contributed by atoms with Gasteiger partial charge in [-0.25, -0.2) is 9.59 Å². The van der Waals surface area contributed by atoms with Crippen LogP contribution in [0.3, 0.4) is 0 Å². The highest BCUT2D eigenvalue weighted by molar-refractivity contribution is 7.14. The van der Waals surface area contributed by atoms with E-state index in [0.717, 1.165) is 22.6 Å². The zero-order chi connectivity index (χ0) is 22.0. The molecule has 2 heterocycles. The van der Waals surface area contributed by atoms with Crippen molar-refractivity contribution in [3.8, 4) is 0 Å². The first-order valence-corrected chi connectivity index (χ1v) is 12.8. The minimum absolute atomic E-state index is 0.182. The molecule has 0 aliphatic heterocycles. The van der Waals surface area contributed by atoms with E-state index in [2.05, 4.69) is 24.3 Å². The quantitative estimate of drug-likeness (QED) is 0.459. The van der Waals surface area contributed by atoms with Crippen LogP contribution in [0, 0.1) is 31.6 Å². The first-order valence-electron chi connectivity index (χ1n) is 11.1. The third-order valence-electron chi connectivity index (χ3n) is 7.42. The smallest absolute Gasteiger partial charge is 0.348 e. The Morgan fingerprint density at radius 1 is 0.781 bits per heavy atom. The summed E-state index contributed by atoms with van der Waals surface area (Å²) in [6.45, 7) is 3.96. The molecule has 6 unspecified atom stereocenters. The molecular weight excluding hydrogens is 440 g/mol. The number of fused-ring (bicyclic) bond motifs is 7. The highest BCUT2D eigenvalue weighted by atomic mass is 32.1. The molecule has 3 aromatic rings. The Labute approximate surface area is 195 Å². The van der Waals surface area contributed by atoms with Gasteiger partial charge < -0.3 is 9.47 Å². The van der Waals surface area contributed by atoms with Gasteiger partial charge in [-0.1, -0.05) is 24.3 Å². The molecule has 2 saturated carbocycles. The van der Waals surface area contributed by atoms with E-state index in [1.165, 1.54) is 33.8 Å². The first-order chi connectivity index (χ1) is 15.5. The summed E-state index contributed by atoms with van der Waals surface area (Å²) >= 11 is 2.88. The number of benzene rings is 1. The molecule has 3 aliphatic carbocycles. The Balaban J connectivity index is 1.31. The van der Waals surface area contributed by atoms with Gasteiger partial charge in [0, 0.05) is 21.6 Å². The van der Waals surface area contributed by atoms with Crippen molar-refractivity contribution in [3.63, 3.8) is 0 Å². The Morgan fingerprint density at radius 2 is 1.38 bits per heavy atom. The Kier molecular flexibility index (Phi) is 4.77. The summed E-state index contributed by atoms with van der Waals surface area (Å²) < 4.78 is 12.2. The van der Waals surface area contributed by atoms with Crippen molar-refractivity contribution in [3.05, 3.63) is 79.2 Å². The molecule has 3 aliphatic rings. The van der Waals surface area contributed by atoms with Gasteiger partial charge in [-0.05, 0) is 73.9 Å². The Morgan fingerprint density at radius 3 is 1.97 bits per heavy atom. The monoisotopic (exact) mass is 464 g/mol. The van der Waals surface area contributed by atoms with Crippen LogP contribution in [0.1, 0.15) is 52.6 Å². The van der Waals surface area contributed by atoms with Crippen molar-refractivity contribution < 1.29 is 19.1 Å². The highest BCUT2D eigenvalue weighted by Crippen LogP contribution is 2.62. The Hall–Kier alpha value is -2.44. The summed E-state index contributed by atoms with van der Waals surface area (Å²) in [4.78, 5) is 29.3. The summed E-state index contributed by atoms with van der Waals surface area (Å²) in [6, 6.07) is 16.1. The van der Waals surface area contributed by atoms with Crippen LogP contribution in [-0.4, -0.2) is 24.1 Å². The molecule has 1 aromatic carbocycles. The van der Waals surface area contributed by atoms with Gasteiger partial charge in [-0.3, -0.25) is 0 Å². The second kappa shape index (κ2) is 7.56. The van der Waals surface area contributed by atoms with Crippen LogP contribution < -0.4 is 0 Å². The van der Waals surface area contributed by atoms with Crippen molar-refractivity contribution in [2.45, 2.75) is 44.8 Å². The van der Waals surface area contributed by atoms with Crippen LogP contribution in [0.2, 0.25) is 0 Å². The van der Waals surface area contributed by atoms with Gasteiger partial charge in [0.15, 0.2) is 0 Å². The maximum Gasteiger partial charge on any atom is 0.348 e. The normalized spacial score (nSPS) is 29.6. The van der Waals surface area contributed by atoms with Crippen LogP contribution in [0.4, 0.5) is 0 Å². The third-order valence-corrected chi connectivity index (χ3v) is 9.39. The van der Waals surface area contributed by atoms with Gasteiger partial charge in [0.2, 0.25) is 0 Å². The zero-order valence-corrected chi connectivity index (χ0v) is 19.6. The molecule has 6 atom stereocenters. The molecule has 2 aromatic heterocycles. The molecule has 0 amide bonds. The van der Waals surface area contributed by atoms with Gasteiger partial charge in [0.1, 0.15) is 22.0 Å². The average Bonchev–Trinajstić information content (AvgIpc) is 3.56. The van der Waals surface area contributed by atoms with Crippen LogP contribution in [0.25, 0.3) is 0 Å². The van der Waals surface area contributed by atoms with E-state index in [0.29, 0.717) is 21.6 Å². The van der Waals surface area contributed by atoms with E-state index >= 15 is 0 Å². The summed E-state index contributed by atoms with van der Waals surface area (Å²) in [5.74, 6) is 0.598. The van der Waals surface area contributed by atoms with E-state index in [1.807, 2.05) is 38.1 Å². The second-order valence-corrected chi connectivity index (χ2v) is 11.8. The maximum atomic E-state index is 13.0. The van der Waals surface area contributed by atoms with E-state index < -0.39 is 12.2 Å². The average molecular weight is 465 g/mol. The number of thiophene rings is 2. The summed E-state index contributed by atoms with van der Waals surface area (Å²) in [5, 5.41) is 0. The number of esters is 2. The molecule has 0 saturated heterocycles. The number of hydrogen-bond acceptors (Lipinski definition) is 6. The Bertz CT molecular complexity index is 1210. The number of ether oxygens (including phenoxy) is 2. The van der Waals surface area contributed by atoms with E-state index in [9.17, 15) is 9.59 Å².